The minimum Gasteiger partial charge on any atom is -0.445 e. The Morgan fingerprint density at radius 1 is 0.943 bits per heavy atom. The summed E-state index contributed by atoms with van der Waals surface area (Å²) in [4.78, 5) is 110. The fourth-order valence-corrected chi connectivity index (χ4v) is 8.39. The third-order valence-electron chi connectivity index (χ3n) is 12.5. The molecule has 70 heavy (non-hydrogen) atoms. The van der Waals surface area contributed by atoms with E-state index in [4.69, 9.17) is 20.4 Å². The maximum absolute atomic E-state index is 13.8. The first kappa shape index (κ1) is 50.1. The van der Waals surface area contributed by atoms with Crippen LogP contribution in [0.2, 0.25) is 0 Å². The predicted molar refractivity (Wildman–Crippen MR) is 258 cm³/mol. The van der Waals surface area contributed by atoms with Crippen LogP contribution in [0.1, 0.15) is 95.1 Å². The number of fused-ring (bicyclic) bond motifs is 1. The minimum atomic E-state index is -0.842. The van der Waals surface area contributed by atoms with Crippen LogP contribution in [0.25, 0.3) is 28.3 Å². The van der Waals surface area contributed by atoms with E-state index in [1.165, 1.54) is 18.5 Å². The van der Waals surface area contributed by atoms with Gasteiger partial charge in [0.15, 0.2) is 11.4 Å². The van der Waals surface area contributed by atoms with Crippen molar-refractivity contribution < 1.29 is 38.3 Å². The SMILES string of the molecule is Cc1cccc(-c2[nH]c(CN(C(=O)OCc3ccc(NC(=O)[C@H](CCCNC(N)=O)CC(=O)[C@@H](NC(=O)CCCCCN4C(=O)C=CC4=O)C(C)C)cc3)C3CCC3)nc2-c2ccc3ncnn3c2)n1. The number of primary amides is 1. The van der Waals surface area contributed by atoms with Gasteiger partial charge in [0, 0.05) is 73.2 Å². The number of aromatic amines is 1. The molecule has 4 aromatic heterocycles. The number of Topliss-reactive ketones (excluding diaryl/α,β-unsaturated/α-hetero) is 1. The largest absolute Gasteiger partial charge is 0.445 e. The van der Waals surface area contributed by atoms with Crippen LogP contribution >= 0.6 is 0 Å². The summed E-state index contributed by atoms with van der Waals surface area (Å²) < 4.78 is 7.56. The fourth-order valence-electron chi connectivity index (χ4n) is 8.39. The van der Waals surface area contributed by atoms with E-state index in [1.807, 2.05) is 57.3 Å². The number of aryl methyl sites for hydroxylation is 1. The van der Waals surface area contributed by atoms with Gasteiger partial charge in [-0.1, -0.05) is 38.5 Å². The number of imidazole rings is 1. The van der Waals surface area contributed by atoms with E-state index in [0.717, 1.165) is 35.4 Å². The summed E-state index contributed by atoms with van der Waals surface area (Å²) in [6, 6.07) is 14.9. The van der Waals surface area contributed by atoms with Crippen molar-refractivity contribution >= 4 is 52.9 Å². The van der Waals surface area contributed by atoms with Gasteiger partial charge in [-0.25, -0.2) is 24.1 Å². The van der Waals surface area contributed by atoms with Crippen molar-refractivity contribution in [1.29, 1.82) is 0 Å². The van der Waals surface area contributed by atoms with Crippen LogP contribution in [0, 0.1) is 18.8 Å². The van der Waals surface area contributed by atoms with Gasteiger partial charge in [0.05, 0.1) is 29.7 Å². The number of pyridine rings is 2. The molecular formula is C50H60N12O8. The maximum Gasteiger partial charge on any atom is 0.410 e. The molecule has 1 saturated carbocycles. The second-order valence-electron chi connectivity index (χ2n) is 18.1. The molecule has 7 rings (SSSR count). The van der Waals surface area contributed by atoms with E-state index in [1.54, 1.807) is 33.7 Å². The molecule has 20 heteroatoms. The number of nitrogens with one attached hydrogen (secondary N) is 4. The average Bonchev–Trinajstić information content (AvgIpc) is 4.05. The van der Waals surface area contributed by atoms with Gasteiger partial charge in [0.1, 0.15) is 18.8 Å². The molecule has 1 aliphatic heterocycles. The number of unbranched alkanes of at least 4 members (excludes halogenated alkanes) is 2. The third-order valence-corrected chi connectivity index (χ3v) is 12.5. The van der Waals surface area contributed by atoms with Crippen LogP contribution < -0.4 is 21.7 Å². The third kappa shape index (κ3) is 13.3. The van der Waals surface area contributed by atoms with Gasteiger partial charge in [-0.15, -0.1) is 0 Å². The zero-order valence-corrected chi connectivity index (χ0v) is 39.7. The zero-order chi connectivity index (χ0) is 49.7. The molecule has 2 atom stereocenters. The van der Waals surface area contributed by atoms with Crippen molar-refractivity contribution in [3.63, 3.8) is 0 Å². The molecular weight excluding hydrogens is 897 g/mol. The highest BCUT2D eigenvalue weighted by atomic mass is 16.6. The first-order chi connectivity index (χ1) is 33.7. The molecule has 6 N–H and O–H groups in total. The summed E-state index contributed by atoms with van der Waals surface area (Å²) in [6.45, 7) is 6.18. The molecule has 0 saturated heterocycles. The number of imide groups is 1. The Labute approximate surface area is 405 Å². The van der Waals surface area contributed by atoms with Crippen LogP contribution in [0.4, 0.5) is 15.3 Å². The van der Waals surface area contributed by atoms with Gasteiger partial charge in [-0.2, -0.15) is 5.10 Å². The highest BCUT2D eigenvalue weighted by molar-refractivity contribution is 6.12. The molecule has 368 valence electrons. The number of nitrogens with zero attached hydrogens (tertiary/aromatic N) is 7. The highest BCUT2D eigenvalue weighted by Crippen LogP contribution is 2.32. The number of anilines is 1. The topological polar surface area (TPSA) is 269 Å². The van der Waals surface area contributed by atoms with Crippen LogP contribution in [-0.4, -0.2) is 106 Å². The second-order valence-corrected chi connectivity index (χ2v) is 18.1. The molecule has 0 unspecified atom stereocenters. The van der Waals surface area contributed by atoms with Crippen molar-refractivity contribution in [1.82, 2.24) is 50.0 Å². The first-order valence-corrected chi connectivity index (χ1v) is 23.8. The molecule has 7 amide bonds. The van der Waals surface area contributed by atoms with Gasteiger partial charge < -0.3 is 31.4 Å². The van der Waals surface area contributed by atoms with Crippen LogP contribution in [0.15, 0.2) is 79.3 Å². The molecule has 2 aliphatic rings. The van der Waals surface area contributed by atoms with Gasteiger partial charge in [0.25, 0.3) is 11.8 Å². The lowest BCUT2D eigenvalue weighted by Gasteiger charge is -2.36. The second kappa shape index (κ2) is 23.5. The number of benzene rings is 1. The van der Waals surface area contributed by atoms with Crippen LogP contribution in [-0.2, 0) is 41.9 Å². The lowest BCUT2D eigenvalue weighted by Crippen LogP contribution is -2.45. The number of aromatic nitrogens is 6. The van der Waals surface area contributed by atoms with E-state index in [2.05, 4.69) is 31.0 Å². The highest BCUT2D eigenvalue weighted by Gasteiger charge is 2.32. The van der Waals surface area contributed by atoms with Gasteiger partial charge in [0.2, 0.25) is 11.8 Å². The number of hydrogen-bond acceptors (Lipinski definition) is 12. The lowest BCUT2D eigenvalue weighted by atomic mass is 9.89. The molecule has 0 bridgehead atoms. The number of urea groups is 1. The van der Waals surface area contributed by atoms with Crippen molar-refractivity contribution in [2.45, 2.75) is 110 Å². The monoisotopic (exact) mass is 956 g/mol. The summed E-state index contributed by atoms with van der Waals surface area (Å²) in [6.07, 6.45) is 10.2. The fraction of sp³-hybridized carbons (Fsp3) is 0.420. The summed E-state index contributed by atoms with van der Waals surface area (Å²) in [5, 5.41) is 12.5. The summed E-state index contributed by atoms with van der Waals surface area (Å²) in [5.74, 6) is -2.22. The Morgan fingerprint density at radius 2 is 1.71 bits per heavy atom. The lowest BCUT2D eigenvalue weighted by molar-refractivity contribution is -0.137. The minimum absolute atomic E-state index is 0.0217. The van der Waals surface area contributed by atoms with E-state index in [9.17, 15) is 33.6 Å². The van der Waals surface area contributed by atoms with Crippen LogP contribution in [0.3, 0.4) is 0 Å². The molecule has 0 radical (unpaired) electrons. The Balaban J connectivity index is 0.946. The molecule has 1 aromatic carbocycles. The Morgan fingerprint density at radius 3 is 2.41 bits per heavy atom. The van der Waals surface area contributed by atoms with Crippen molar-refractivity contribution in [2.24, 2.45) is 17.6 Å². The summed E-state index contributed by atoms with van der Waals surface area (Å²) in [5.41, 5.74) is 10.8. The molecule has 0 spiro atoms. The van der Waals surface area contributed by atoms with Gasteiger partial charge >= 0.3 is 12.1 Å². The summed E-state index contributed by atoms with van der Waals surface area (Å²) >= 11 is 0. The predicted octanol–water partition coefficient (Wildman–Crippen LogP) is 5.77. The van der Waals surface area contributed by atoms with Crippen molar-refractivity contribution in [3.05, 3.63) is 96.4 Å². The van der Waals surface area contributed by atoms with Crippen molar-refractivity contribution in [2.75, 3.05) is 18.4 Å². The molecule has 5 aromatic rings. The van der Waals surface area contributed by atoms with Gasteiger partial charge in [-0.3, -0.25) is 38.8 Å². The standard InChI is InChI=1S/C50H60N12O8/c1-31(2)45(59-42(64)15-5-4-6-25-60-43(65)22-23-44(60)66)39(63)26-34(11-9-24-52-49(51)68)48(67)56-36-19-16-33(17-20-36)29-70-50(69)61(37-12-8-13-37)28-40-57-46(35-18-21-41-53-30-54-62(41)27-35)47(58-40)38-14-7-10-32(3)55-38/h7,10,14,16-23,27,30-31,34,37,45H,4-6,8-9,11-13,15,24-26,28-29H2,1-3H3,(H,56,67)(H,57,58)(H,59,64)(H3,51,52,68)/t34-,45+/m1/s1. The normalized spacial score (nSPS) is 14.4. The van der Waals surface area contributed by atoms with E-state index in [0.29, 0.717) is 65.5 Å². The van der Waals surface area contributed by atoms with Gasteiger partial charge in [-0.05, 0) is 99.7 Å². The number of nitrogens with two attached hydrogens (primary N) is 1. The molecule has 1 fully saturated rings. The number of rotatable bonds is 24. The number of ketones is 1. The first-order valence-electron chi connectivity index (χ1n) is 23.8. The number of amides is 7. The summed E-state index contributed by atoms with van der Waals surface area (Å²) in [7, 11) is 0. The Bertz CT molecular complexity index is 2710. The average molecular weight is 957 g/mol. The number of H-pyrrole nitrogens is 1. The number of ether oxygens (including phenoxy) is 1. The number of hydrogen-bond donors (Lipinski definition) is 5. The van der Waals surface area contributed by atoms with E-state index < -0.39 is 30.0 Å². The molecule has 20 nitrogen and oxygen atoms in total. The Kier molecular flexibility index (Phi) is 16.8. The maximum atomic E-state index is 13.8. The van der Waals surface area contributed by atoms with Crippen molar-refractivity contribution in [3.8, 4) is 22.6 Å². The molecule has 5 heterocycles. The van der Waals surface area contributed by atoms with Crippen LogP contribution in [0.5, 0.6) is 0 Å². The number of carbonyl (C=O) groups is 7. The van der Waals surface area contributed by atoms with E-state index in [-0.39, 0.29) is 81.0 Å². The Hall–Kier alpha value is -7.77. The quantitative estimate of drug-likeness (QED) is 0.0365. The smallest absolute Gasteiger partial charge is 0.410 e. The zero-order valence-electron chi connectivity index (χ0n) is 39.7. The molecule has 1 aliphatic carbocycles. The van der Waals surface area contributed by atoms with E-state index >= 15 is 0 Å². The number of carbonyl (C=O) groups excluding carboxylic acids is 7.